The molecule has 0 saturated carbocycles. The highest BCUT2D eigenvalue weighted by Crippen LogP contribution is 1.95. The van der Waals surface area contributed by atoms with Crippen molar-refractivity contribution in [1.29, 1.82) is 0 Å². The molecule has 2 aromatic heterocycles. The van der Waals surface area contributed by atoms with Crippen LogP contribution in [-0.2, 0) is 13.1 Å². The Morgan fingerprint density at radius 1 is 1.14 bits per heavy atom. The lowest BCUT2D eigenvalue weighted by Crippen LogP contribution is -2.36. The summed E-state index contributed by atoms with van der Waals surface area (Å²) in [5.41, 5.74) is 6.59. The number of aryl methyl sites for hydroxylation is 2. The molecule has 22 heavy (non-hydrogen) atoms. The molecule has 0 spiro atoms. The van der Waals surface area contributed by atoms with Gasteiger partial charge >= 0.3 is 0 Å². The molecule has 0 saturated heterocycles. The van der Waals surface area contributed by atoms with E-state index in [0.717, 1.165) is 31.5 Å². The Labute approximate surface area is 129 Å². The first-order valence-electron chi connectivity index (χ1n) is 7.14. The third kappa shape index (κ3) is 4.66. The van der Waals surface area contributed by atoms with Crippen LogP contribution in [0.15, 0.2) is 54.2 Å². The molecule has 0 atom stereocenters. The molecule has 0 fully saturated rings. The minimum absolute atomic E-state index is 0.408. The van der Waals surface area contributed by atoms with Gasteiger partial charge in [-0.3, -0.25) is 4.79 Å². The number of carbonyl (C=O) groups excluding carboxylic acids is 1. The molecule has 2 heterocycles. The van der Waals surface area contributed by atoms with Crippen LogP contribution in [0.4, 0.5) is 0 Å². The molecule has 0 radical (unpaired) electrons. The number of nitrogens with two attached hydrogens (primary N) is 1. The summed E-state index contributed by atoms with van der Waals surface area (Å²) in [4.78, 5) is 11.0. The van der Waals surface area contributed by atoms with E-state index in [2.05, 4.69) is 9.72 Å². The summed E-state index contributed by atoms with van der Waals surface area (Å²) in [6.07, 6.45) is 11.1. The lowest BCUT2D eigenvalue weighted by atomic mass is 10.2. The van der Waals surface area contributed by atoms with E-state index < -0.39 is 5.91 Å². The molecule has 2 rings (SSSR count). The van der Waals surface area contributed by atoms with Crippen LogP contribution in [0, 0.1) is 0 Å². The van der Waals surface area contributed by atoms with Gasteiger partial charge in [-0.2, -0.15) is 0 Å². The first-order chi connectivity index (χ1) is 10.7. The maximum Gasteiger partial charge on any atom is 0.249 e. The van der Waals surface area contributed by atoms with E-state index in [0.29, 0.717) is 5.56 Å². The van der Waals surface area contributed by atoms with E-state index in [1.807, 2.05) is 41.5 Å². The van der Waals surface area contributed by atoms with Gasteiger partial charge in [0.1, 0.15) is 13.1 Å². The second-order valence-electron chi connectivity index (χ2n) is 5.02. The summed E-state index contributed by atoms with van der Waals surface area (Å²) in [5.74, 6) is -0.408. The molecule has 114 valence electrons. The van der Waals surface area contributed by atoms with E-state index in [-0.39, 0.29) is 0 Å². The van der Waals surface area contributed by atoms with Gasteiger partial charge in [0.05, 0.1) is 17.3 Å². The zero-order valence-corrected chi connectivity index (χ0v) is 12.3. The Kier molecular flexibility index (Phi) is 5.59. The minimum atomic E-state index is -0.408. The Morgan fingerprint density at radius 3 is 2.45 bits per heavy atom. The van der Waals surface area contributed by atoms with Crippen LogP contribution < -0.4 is 14.9 Å². The predicted octanol–water partition coefficient (Wildman–Crippen LogP) is 0.649. The number of carbonyl (C=O) groups is 1. The molecule has 1 amide bonds. The lowest BCUT2D eigenvalue weighted by molar-refractivity contribution is -0.708. The maximum absolute atomic E-state index is 11.0. The maximum atomic E-state index is 11.0. The summed E-state index contributed by atoms with van der Waals surface area (Å²) >= 11 is 0. The molecule has 3 N–H and O–H groups in total. The Bertz CT molecular complexity index is 653. The molecule has 0 aliphatic carbocycles. The van der Waals surface area contributed by atoms with E-state index in [9.17, 15) is 4.79 Å². The van der Waals surface area contributed by atoms with Crippen molar-refractivity contribution in [2.75, 3.05) is 0 Å². The van der Waals surface area contributed by atoms with Crippen LogP contribution in [0.5, 0.6) is 0 Å². The highest BCUT2D eigenvalue weighted by molar-refractivity contribution is 5.92. The van der Waals surface area contributed by atoms with Crippen molar-refractivity contribution in [2.45, 2.75) is 25.9 Å². The Morgan fingerprint density at radius 2 is 1.82 bits per heavy atom. The van der Waals surface area contributed by atoms with Crippen molar-refractivity contribution >= 4 is 12.1 Å². The predicted molar refractivity (Wildman–Crippen MR) is 80.4 cm³/mol. The van der Waals surface area contributed by atoms with Crippen LogP contribution >= 0.6 is 0 Å². The fourth-order valence-electron chi connectivity index (χ4n) is 2.18. The van der Waals surface area contributed by atoms with Gasteiger partial charge in [0.25, 0.3) is 0 Å². The van der Waals surface area contributed by atoms with Gasteiger partial charge in [-0.25, -0.2) is 9.13 Å². The van der Waals surface area contributed by atoms with Crippen LogP contribution in [0.1, 0.15) is 28.8 Å². The van der Waals surface area contributed by atoms with Gasteiger partial charge in [-0.15, -0.1) is 0 Å². The smallest absolute Gasteiger partial charge is 0.249 e. The molecule has 6 heteroatoms. The van der Waals surface area contributed by atoms with E-state index in [1.54, 1.807) is 12.1 Å². The molecule has 0 bridgehead atoms. The average molecular weight is 300 g/mol. The topological polar surface area (TPSA) is 83.4 Å². The number of pyridine rings is 2. The monoisotopic (exact) mass is 300 g/mol. The van der Waals surface area contributed by atoms with Gasteiger partial charge < -0.3 is 10.9 Å². The Balaban J connectivity index is 1.79. The first-order valence-corrected chi connectivity index (χ1v) is 7.14. The number of rotatable bonds is 7. The van der Waals surface area contributed by atoms with Gasteiger partial charge in [0, 0.05) is 31.0 Å². The van der Waals surface area contributed by atoms with Gasteiger partial charge in [-0.1, -0.05) is 5.16 Å². The Hall–Kier alpha value is -2.76. The quantitative estimate of drug-likeness (QED) is 0.259. The standard InChI is InChI=1S/C16H18N4O2/c17-16(21)15-5-10-19(11-6-15)7-1-2-8-20-9-3-4-14(13-20)12-18-22/h3-6,9-13H,1-2,7-8H2,(H-2,17,21,22)/p+2/b18-12+. The average Bonchev–Trinajstić information content (AvgIpc) is 2.53. The van der Waals surface area contributed by atoms with Crippen molar-refractivity contribution in [2.24, 2.45) is 10.9 Å². The van der Waals surface area contributed by atoms with Crippen molar-refractivity contribution in [3.8, 4) is 0 Å². The third-order valence-electron chi connectivity index (χ3n) is 3.35. The zero-order chi connectivity index (χ0) is 15.8. The van der Waals surface area contributed by atoms with Crippen molar-refractivity contribution in [3.63, 3.8) is 0 Å². The number of unbranched alkanes of at least 4 members (excludes halogenated alkanes) is 1. The molecular formula is C16H20N4O2+2. The van der Waals surface area contributed by atoms with E-state index in [1.165, 1.54) is 6.21 Å². The van der Waals surface area contributed by atoms with Crippen LogP contribution in [-0.4, -0.2) is 17.3 Å². The molecular weight excluding hydrogens is 280 g/mol. The number of oxime groups is 1. The zero-order valence-electron chi connectivity index (χ0n) is 12.3. The van der Waals surface area contributed by atoms with E-state index >= 15 is 0 Å². The second-order valence-corrected chi connectivity index (χ2v) is 5.02. The molecule has 0 aliphatic rings. The fraction of sp³-hybridized carbons (Fsp3) is 0.250. The van der Waals surface area contributed by atoms with Crippen LogP contribution in [0.3, 0.4) is 0 Å². The highest BCUT2D eigenvalue weighted by Gasteiger charge is 2.06. The second kappa shape index (κ2) is 7.87. The van der Waals surface area contributed by atoms with E-state index in [4.69, 9.17) is 10.9 Å². The SMILES string of the molecule is NC(=O)c1cc[n+](CCCC[n+]2cccc(/C=N/O)c2)cc1. The summed E-state index contributed by atoms with van der Waals surface area (Å²) in [6, 6.07) is 7.27. The number of hydrogen-bond donors (Lipinski definition) is 2. The lowest BCUT2D eigenvalue weighted by Gasteiger charge is -1.99. The van der Waals surface area contributed by atoms with Crippen molar-refractivity contribution in [3.05, 3.63) is 60.2 Å². The van der Waals surface area contributed by atoms with Gasteiger partial charge in [-0.05, 0) is 6.07 Å². The highest BCUT2D eigenvalue weighted by atomic mass is 16.4. The van der Waals surface area contributed by atoms with Crippen molar-refractivity contribution in [1.82, 2.24) is 0 Å². The van der Waals surface area contributed by atoms with Gasteiger partial charge in [0.2, 0.25) is 5.91 Å². The summed E-state index contributed by atoms with van der Waals surface area (Å²) in [5, 5.41) is 11.6. The fourth-order valence-corrected chi connectivity index (χ4v) is 2.18. The normalized spacial score (nSPS) is 10.9. The largest absolute Gasteiger partial charge is 0.411 e. The molecule has 0 aromatic carbocycles. The summed E-state index contributed by atoms with van der Waals surface area (Å²) in [7, 11) is 0. The number of hydrogen-bond acceptors (Lipinski definition) is 3. The number of primary amides is 1. The van der Waals surface area contributed by atoms with Crippen LogP contribution in [0.2, 0.25) is 0 Å². The van der Waals surface area contributed by atoms with Crippen molar-refractivity contribution < 1.29 is 19.1 Å². The van der Waals surface area contributed by atoms with Crippen LogP contribution in [0.25, 0.3) is 0 Å². The number of aromatic nitrogens is 2. The molecule has 6 nitrogen and oxygen atoms in total. The first kappa shape index (κ1) is 15.6. The number of amides is 1. The third-order valence-corrected chi connectivity index (χ3v) is 3.35. The number of nitrogens with zero attached hydrogens (tertiary/aromatic N) is 3. The molecule has 0 aliphatic heterocycles. The minimum Gasteiger partial charge on any atom is -0.411 e. The molecule has 2 aromatic rings. The summed E-state index contributed by atoms with van der Waals surface area (Å²) < 4.78 is 4.10. The van der Waals surface area contributed by atoms with Gasteiger partial charge in [0.15, 0.2) is 24.8 Å². The molecule has 0 unspecified atom stereocenters. The summed E-state index contributed by atoms with van der Waals surface area (Å²) in [6.45, 7) is 1.78.